The second kappa shape index (κ2) is 9.80. The van der Waals surface area contributed by atoms with E-state index in [1.54, 1.807) is 0 Å². The average molecular weight is 307 g/mol. The van der Waals surface area contributed by atoms with Gasteiger partial charge in [0.2, 0.25) is 8.32 Å². The molecule has 0 heterocycles. The van der Waals surface area contributed by atoms with Crippen molar-refractivity contribution in [2.75, 3.05) is 0 Å². The van der Waals surface area contributed by atoms with Crippen LogP contribution in [-0.4, -0.2) is 19.5 Å². The second-order valence-corrected chi connectivity index (χ2v) is 10.4. The second-order valence-electron chi connectivity index (χ2n) is 5.65. The highest BCUT2D eigenvalue weighted by molar-refractivity contribution is 6.73. The minimum atomic E-state index is -1.53. The maximum atomic E-state index is 10.0. The van der Waals surface area contributed by atoms with E-state index >= 15 is 0 Å². The summed E-state index contributed by atoms with van der Waals surface area (Å²) in [5.74, 6) is 0. The van der Waals surface area contributed by atoms with E-state index in [-0.39, 0.29) is 6.10 Å². The zero-order valence-electron chi connectivity index (χ0n) is 13.7. The number of benzene rings is 1. The van der Waals surface area contributed by atoms with Crippen molar-refractivity contribution < 1.29 is 9.53 Å². The first kappa shape index (κ1) is 18.0. The average Bonchev–Trinajstić information content (AvgIpc) is 2.55. The molecule has 0 aromatic heterocycles. The summed E-state index contributed by atoms with van der Waals surface area (Å²) in [5, 5.41) is 10.0. The molecule has 1 N–H and O–H groups in total. The molecule has 1 atom stereocenters. The molecule has 1 unspecified atom stereocenters. The first-order valence-electron chi connectivity index (χ1n) is 8.20. The maximum Gasteiger partial charge on any atom is 0.249 e. The van der Waals surface area contributed by atoms with E-state index in [0.29, 0.717) is 6.42 Å². The predicted octanol–water partition coefficient (Wildman–Crippen LogP) is 4.91. The Labute approximate surface area is 131 Å². The summed E-state index contributed by atoms with van der Waals surface area (Å²) < 4.78 is 6.04. The summed E-state index contributed by atoms with van der Waals surface area (Å²) in [6.07, 6.45) is 5.94. The molecule has 21 heavy (non-hydrogen) atoms. The number of aliphatic hydroxyl groups excluding tert-OH is 1. The van der Waals surface area contributed by atoms with E-state index in [1.165, 1.54) is 5.56 Å². The third-order valence-corrected chi connectivity index (χ3v) is 8.87. The van der Waals surface area contributed by atoms with Crippen molar-refractivity contribution in [3.63, 3.8) is 0 Å². The summed E-state index contributed by atoms with van der Waals surface area (Å²) in [6.45, 7) is 6.67. The van der Waals surface area contributed by atoms with E-state index < -0.39 is 8.32 Å². The monoisotopic (exact) mass is 306 g/mol. The Morgan fingerprint density at radius 2 is 1.71 bits per heavy atom. The molecule has 0 aliphatic heterocycles. The minimum Gasteiger partial charge on any atom is -0.549 e. The molecule has 1 aromatic rings. The van der Waals surface area contributed by atoms with Gasteiger partial charge >= 0.3 is 0 Å². The van der Waals surface area contributed by atoms with Crippen LogP contribution in [0.15, 0.2) is 42.7 Å². The first-order chi connectivity index (χ1) is 10.2. The lowest BCUT2D eigenvalue weighted by molar-refractivity contribution is 0.167. The molecule has 0 spiro atoms. The van der Waals surface area contributed by atoms with Gasteiger partial charge in [-0.15, -0.1) is 0 Å². The van der Waals surface area contributed by atoms with Gasteiger partial charge in [-0.05, 0) is 49.0 Å². The topological polar surface area (TPSA) is 29.5 Å². The van der Waals surface area contributed by atoms with Crippen LogP contribution in [-0.2, 0) is 10.8 Å². The van der Waals surface area contributed by atoms with E-state index in [4.69, 9.17) is 4.43 Å². The molecule has 2 nitrogen and oxygen atoms in total. The number of aryl methyl sites for hydroxylation is 1. The predicted molar refractivity (Wildman–Crippen MR) is 92.8 cm³/mol. The Hall–Kier alpha value is -1.06. The molecule has 0 aliphatic rings. The Balaban J connectivity index is 2.29. The van der Waals surface area contributed by atoms with Gasteiger partial charge < -0.3 is 9.53 Å². The van der Waals surface area contributed by atoms with Crippen LogP contribution in [0.1, 0.15) is 39.2 Å². The molecular weight excluding hydrogens is 276 g/mol. The lowest BCUT2D eigenvalue weighted by atomic mass is 10.1. The summed E-state index contributed by atoms with van der Waals surface area (Å²) in [5.41, 5.74) is 1.28. The number of rotatable bonds is 10. The van der Waals surface area contributed by atoms with Crippen molar-refractivity contribution in [3.05, 3.63) is 48.2 Å². The van der Waals surface area contributed by atoms with Gasteiger partial charge in [-0.2, -0.15) is 0 Å². The van der Waals surface area contributed by atoms with Crippen LogP contribution < -0.4 is 0 Å². The van der Waals surface area contributed by atoms with E-state index in [2.05, 4.69) is 32.9 Å². The number of hydrogen-bond acceptors (Lipinski definition) is 2. The molecule has 0 amide bonds. The molecular formula is C18H30O2Si. The van der Waals surface area contributed by atoms with Gasteiger partial charge in [-0.25, -0.2) is 0 Å². The first-order valence-corrected chi connectivity index (χ1v) is 10.7. The van der Waals surface area contributed by atoms with Crippen molar-refractivity contribution in [1.82, 2.24) is 0 Å². The Morgan fingerprint density at radius 1 is 1.10 bits per heavy atom. The largest absolute Gasteiger partial charge is 0.549 e. The molecule has 1 rings (SSSR count). The fourth-order valence-electron chi connectivity index (χ4n) is 2.50. The zero-order valence-corrected chi connectivity index (χ0v) is 14.7. The van der Waals surface area contributed by atoms with Crippen molar-refractivity contribution in [1.29, 1.82) is 0 Å². The molecule has 0 saturated carbocycles. The van der Waals surface area contributed by atoms with E-state index in [9.17, 15) is 5.11 Å². The molecule has 0 fully saturated rings. The molecule has 1 aromatic carbocycles. The summed E-state index contributed by atoms with van der Waals surface area (Å²) in [6, 6.07) is 13.8. The number of hydrogen-bond donors (Lipinski definition) is 1. The van der Waals surface area contributed by atoms with Crippen LogP contribution in [0.25, 0.3) is 0 Å². The Kier molecular flexibility index (Phi) is 8.39. The van der Waals surface area contributed by atoms with Crippen LogP contribution in [0.4, 0.5) is 0 Å². The summed E-state index contributed by atoms with van der Waals surface area (Å²) in [4.78, 5) is 0. The quantitative estimate of drug-likeness (QED) is 0.492. The molecule has 0 radical (unpaired) electrons. The van der Waals surface area contributed by atoms with Crippen molar-refractivity contribution in [2.24, 2.45) is 0 Å². The Bertz CT molecular complexity index is 391. The van der Waals surface area contributed by atoms with Gasteiger partial charge in [0.15, 0.2) is 0 Å². The third-order valence-electron chi connectivity index (χ3n) is 4.36. The van der Waals surface area contributed by atoms with Crippen molar-refractivity contribution in [2.45, 2.75) is 64.3 Å². The van der Waals surface area contributed by atoms with E-state index in [0.717, 1.165) is 31.0 Å². The van der Waals surface area contributed by atoms with Gasteiger partial charge in [0.05, 0.1) is 12.4 Å². The standard InChI is InChI=1S/C18H30O2Si/c1-4-21(5-2,6-3)20-16-10-13-18(19)15-14-17-11-8-7-9-12-17/h7-12,16,18-19H,4-6,13-15H2,1-3H3/b16-10+. The SMILES string of the molecule is CC[Si](CC)(CC)O/C=C/CC(O)CCc1ccccc1. The third kappa shape index (κ3) is 6.49. The smallest absolute Gasteiger partial charge is 0.249 e. The highest BCUT2D eigenvalue weighted by Gasteiger charge is 2.28. The van der Waals surface area contributed by atoms with Crippen molar-refractivity contribution >= 4 is 8.32 Å². The fraction of sp³-hybridized carbons (Fsp3) is 0.556. The van der Waals surface area contributed by atoms with E-state index in [1.807, 2.05) is 30.5 Å². The normalized spacial score (nSPS) is 13.5. The maximum absolute atomic E-state index is 10.0. The van der Waals surface area contributed by atoms with Crippen LogP contribution in [0.2, 0.25) is 18.1 Å². The molecule has 0 aliphatic carbocycles. The van der Waals surface area contributed by atoms with Gasteiger partial charge in [0.25, 0.3) is 0 Å². The number of aliphatic hydroxyl groups is 1. The highest BCUT2D eigenvalue weighted by atomic mass is 28.4. The highest BCUT2D eigenvalue weighted by Crippen LogP contribution is 2.21. The van der Waals surface area contributed by atoms with Crippen LogP contribution >= 0.6 is 0 Å². The zero-order chi connectivity index (χ0) is 15.6. The van der Waals surface area contributed by atoms with Gasteiger partial charge in [0.1, 0.15) is 0 Å². The van der Waals surface area contributed by atoms with Crippen LogP contribution in [0, 0.1) is 0 Å². The van der Waals surface area contributed by atoms with Crippen molar-refractivity contribution in [3.8, 4) is 0 Å². The minimum absolute atomic E-state index is 0.286. The van der Waals surface area contributed by atoms with Crippen LogP contribution in [0.5, 0.6) is 0 Å². The molecule has 3 heteroatoms. The summed E-state index contributed by atoms with van der Waals surface area (Å²) >= 11 is 0. The Morgan fingerprint density at radius 3 is 2.29 bits per heavy atom. The van der Waals surface area contributed by atoms with Gasteiger partial charge in [-0.1, -0.05) is 51.1 Å². The van der Waals surface area contributed by atoms with Crippen LogP contribution in [0.3, 0.4) is 0 Å². The molecule has 0 saturated heterocycles. The van der Waals surface area contributed by atoms with Gasteiger partial charge in [0, 0.05) is 0 Å². The lowest BCUT2D eigenvalue weighted by Gasteiger charge is -2.26. The van der Waals surface area contributed by atoms with Gasteiger partial charge in [-0.3, -0.25) is 0 Å². The lowest BCUT2D eigenvalue weighted by Crippen LogP contribution is -2.33. The summed E-state index contributed by atoms with van der Waals surface area (Å²) in [7, 11) is -1.53. The molecule has 118 valence electrons. The molecule has 0 bridgehead atoms. The fourth-order valence-corrected chi connectivity index (χ4v) is 4.89.